The highest BCUT2D eigenvalue weighted by Gasteiger charge is 2.09. The second kappa shape index (κ2) is 6.85. The molecule has 0 aliphatic rings. The molecule has 0 aliphatic heterocycles. The van der Waals surface area contributed by atoms with Gasteiger partial charge in [-0.1, -0.05) is 0 Å². The van der Waals surface area contributed by atoms with Gasteiger partial charge >= 0.3 is 0 Å². The third-order valence-corrected chi connectivity index (χ3v) is 2.38. The Morgan fingerprint density at radius 2 is 2.29 bits per heavy atom. The van der Waals surface area contributed by atoms with Crippen LogP contribution in [0.2, 0.25) is 0 Å². The monoisotopic (exact) mass is 252 g/mol. The lowest BCUT2D eigenvalue weighted by molar-refractivity contribution is 0.0962. The van der Waals surface area contributed by atoms with Crippen LogP contribution in [0.5, 0.6) is 0 Å². The summed E-state index contributed by atoms with van der Waals surface area (Å²) < 4.78 is 13.0. The van der Waals surface area contributed by atoms with Crippen LogP contribution in [0.15, 0.2) is 34.8 Å². The molecule has 90 valence electrons. The number of hydrogen-bond donors (Lipinski definition) is 1. The highest BCUT2D eigenvalue weighted by molar-refractivity contribution is 8.01. The molecule has 17 heavy (non-hydrogen) atoms. The first-order chi connectivity index (χ1) is 8.19. The van der Waals surface area contributed by atoms with Crippen LogP contribution < -0.4 is 5.32 Å². The zero-order valence-corrected chi connectivity index (χ0v) is 10.4. The van der Waals surface area contributed by atoms with Gasteiger partial charge < -0.3 is 5.32 Å². The van der Waals surface area contributed by atoms with Gasteiger partial charge in [-0.25, -0.2) is 4.39 Å². The van der Waals surface area contributed by atoms with Crippen LogP contribution in [-0.2, 0) is 0 Å². The fraction of sp³-hybridized carbons (Fsp3) is 0.167. The highest BCUT2D eigenvalue weighted by Crippen LogP contribution is 2.09. The molecular weight excluding hydrogens is 239 g/mol. The largest absolute Gasteiger partial charge is 0.355 e. The first-order valence-electron chi connectivity index (χ1n) is 4.91. The molecule has 1 aromatic carbocycles. The summed E-state index contributed by atoms with van der Waals surface area (Å²) in [4.78, 5) is 15.5. The van der Waals surface area contributed by atoms with Crippen molar-refractivity contribution in [1.82, 2.24) is 5.32 Å². The van der Waals surface area contributed by atoms with E-state index in [2.05, 4.69) is 10.3 Å². The zero-order valence-electron chi connectivity index (χ0n) is 9.61. The Hall–Kier alpha value is -1.62. The first kappa shape index (κ1) is 13.4. The van der Waals surface area contributed by atoms with Crippen molar-refractivity contribution in [2.45, 2.75) is 0 Å². The van der Waals surface area contributed by atoms with Crippen LogP contribution in [-0.4, -0.2) is 25.4 Å². The number of hydrogen-bond acceptors (Lipinski definition) is 3. The van der Waals surface area contributed by atoms with Crippen molar-refractivity contribution in [2.75, 3.05) is 13.3 Å². The molecule has 1 rings (SSSR count). The van der Waals surface area contributed by atoms with E-state index in [1.165, 1.54) is 43.2 Å². The van der Waals surface area contributed by atoms with Crippen LogP contribution in [0.3, 0.4) is 0 Å². The van der Waals surface area contributed by atoms with E-state index < -0.39 is 5.82 Å². The lowest BCUT2D eigenvalue weighted by Gasteiger charge is -2.03. The second-order valence-corrected chi connectivity index (χ2v) is 3.85. The van der Waals surface area contributed by atoms with Crippen LogP contribution in [0, 0.1) is 5.82 Å². The Balaban J connectivity index is 3.02. The number of carbonyl (C=O) groups is 1. The van der Waals surface area contributed by atoms with E-state index in [1.807, 2.05) is 6.26 Å². The molecule has 0 saturated heterocycles. The van der Waals surface area contributed by atoms with Crippen LogP contribution in [0.4, 0.5) is 4.39 Å². The van der Waals surface area contributed by atoms with Gasteiger partial charge in [0.15, 0.2) is 0 Å². The Bertz CT molecular complexity index is 458. The van der Waals surface area contributed by atoms with Crippen molar-refractivity contribution in [3.05, 3.63) is 46.8 Å². The van der Waals surface area contributed by atoms with Gasteiger partial charge in [0.2, 0.25) is 0 Å². The third kappa shape index (κ3) is 4.03. The smallest absolute Gasteiger partial charge is 0.251 e. The molecule has 5 heteroatoms. The standard InChI is InChI=1S/C12H13FN2OS/c1-14-12(16)11-7-10(13)4-3-9(11)8-15-5-6-17-2/h3-8H,1-2H3,(H,14,16)/b6-5-,15-8?. The van der Waals surface area contributed by atoms with Crippen LogP contribution in [0.25, 0.3) is 0 Å². The van der Waals surface area contributed by atoms with Crippen molar-refractivity contribution in [3.8, 4) is 0 Å². The summed E-state index contributed by atoms with van der Waals surface area (Å²) in [6, 6.07) is 4.01. The van der Waals surface area contributed by atoms with Crippen molar-refractivity contribution in [2.24, 2.45) is 4.99 Å². The topological polar surface area (TPSA) is 41.5 Å². The van der Waals surface area contributed by atoms with Gasteiger partial charge in [0, 0.05) is 25.0 Å². The molecule has 1 amide bonds. The summed E-state index contributed by atoms with van der Waals surface area (Å²) in [5.41, 5.74) is 0.852. The quantitative estimate of drug-likeness (QED) is 0.836. The SMILES string of the molecule is CNC(=O)c1cc(F)ccc1C=N/C=C\SC. The number of amides is 1. The maximum Gasteiger partial charge on any atom is 0.251 e. The molecule has 0 bridgehead atoms. The molecule has 3 nitrogen and oxygen atoms in total. The Kier molecular flexibility index (Phi) is 5.42. The maximum atomic E-state index is 13.0. The van der Waals surface area contributed by atoms with Gasteiger partial charge in [-0.05, 0) is 29.9 Å². The Morgan fingerprint density at radius 3 is 2.94 bits per heavy atom. The van der Waals surface area contributed by atoms with Crippen molar-refractivity contribution >= 4 is 23.9 Å². The van der Waals surface area contributed by atoms with Crippen molar-refractivity contribution < 1.29 is 9.18 Å². The molecule has 1 N–H and O–H groups in total. The van der Waals surface area contributed by atoms with Crippen molar-refractivity contribution in [1.29, 1.82) is 0 Å². The molecule has 0 aliphatic carbocycles. The van der Waals surface area contributed by atoms with E-state index in [0.29, 0.717) is 5.56 Å². The van der Waals surface area contributed by atoms with Gasteiger partial charge in [0.25, 0.3) is 5.91 Å². The normalized spacial score (nSPS) is 11.2. The third-order valence-electron chi connectivity index (χ3n) is 1.98. The Labute approximate surface area is 104 Å². The molecule has 0 heterocycles. The van der Waals surface area contributed by atoms with Gasteiger partial charge in [-0.15, -0.1) is 11.8 Å². The molecule has 0 aromatic heterocycles. The molecule has 0 saturated carbocycles. The minimum Gasteiger partial charge on any atom is -0.355 e. The molecule has 1 aromatic rings. The maximum absolute atomic E-state index is 13.0. The fourth-order valence-electron chi connectivity index (χ4n) is 1.19. The predicted octanol–water partition coefficient (Wildman–Crippen LogP) is 2.44. The number of thioether (sulfide) groups is 1. The molecule has 0 atom stereocenters. The average molecular weight is 252 g/mol. The number of nitrogens with one attached hydrogen (secondary N) is 1. The number of rotatable bonds is 4. The number of carbonyl (C=O) groups excluding carboxylic acids is 1. The number of nitrogens with zero attached hydrogens (tertiary/aromatic N) is 1. The fourth-order valence-corrected chi connectivity index (χ4v) is 1.38. The van der Waals surface area contributed by atoms with E-state index in [0.717, 1.165) is 0 Å². The minimum absolute atomic E-state index is 0.272. The molecule has 0 spiro atoms. The molecule has 0 unspecified atom stereocenters. The molecule has 0 radical (unpaired) electrons. The summed E-state index contributed by atoms with van der Waals surface area (Å²) in [6.07, 6.45) is 5.05. The summed E-state index contributed by atoms with van der Waals surface area (Å²) in [6.45, 7) is 0. The van der Waals surface area contributed by atoms with Gasteiger partial charge in [-0.3, -0.25) is 9.79 Å². The van der Waals surface area contributed by atoms with E-state index in [4.69, 9.17) is 0 Å². The van der Waals surface area contributed by atoms with E-state index in [-0.39, 0.29) is 11.5 Å². The minimum atomic E-state index is -0.444. The van der Waals surface area contributed by atoms with Gasteiger partial charge in [0.05, 0.1) is 5.56 Å². The van der Waals surface area contributed by atoms with E-state index in [9.17, 15) is 9.18 Å². The summed E-state index contributed by atoms with van der Waals surface area (Å²) in [7, 11) is 1.50. The molecular formula is C12H13FN2OS. The number of benzene rings is 1. The first-order valence-corrected chi connectivity index (χ1v) is 6.20. The van der Waals surface area contributed by atoms with Crippen LogP contribution >= 0.6 is 11.8 Å². The highest BCUT2D eigenvalue weighted by atomic mass is 32.2. The van der Waals surface area contributed by atoms with E-state index >= 15 is 0 Å². The average Bonchev–Trinajstić information content (AvgIpc) is 2.35. The van der Waals surface area contributed by atoms with E-state index in [1.54, 1.807) is 11.6 Å². The predicted molar refractivity (Wildman–Crippen MR) is 70.0 cm³/mol. The zero-order chi connectivity index (χ0) is 12.7. The molecule has 0 fully saturated rings. The van der Waals surface area contributed by atoms with Gasteiger partial charge in [0.1, 0.15) is 5.82 Å². The lowest BCUT2D eigenvalue weighted by Crippen LogP contribution is -2.19. The lowest BCUT2D eigenvalue weighted by atomic mass is 10.1. The van der Waals surface area contributed by atoms with Crippen LogP contribution in [0.1, 0.15) is 15.9 Å². The summed E-state index contributed by atoms with van der Waals surface area (Å²) >= 11 is 1.52. The number of halogens is 1. The second-order valence-electron chi connectivity index (χ2n) is 3.11. The van der Waals surface area contributed by atoms with Gasteiger partial charge in [-0.2, -0.15) is 0 Å². The Morgan fingerprint density at radius 1 is 1.53 bits per heavy atom. The summed E-state index contributed by atoms with van der Waals surface area (Å²) in [5.74, 6) is -0.778. The number of aliphatic imine (C=N–C) groups is 1. The van der Waals surface area contributed by atoms with Crippen molar-refractivity contribution in [3.63, 3.8) is 0 Å². The summed E-state index contributed by atoms with van der Waals surface area (Å²) in [5, 5.41) is 4.27.